The molecular weight excluding hydrogens is 204 g/mol. The average Bonchev–Trinajstić information content (AvgIpc) is 2.35. The number of aliphatic hydroxyl groups excluding tert-OH is 1. The first-order valence-corrected chi connectivity index (χ1v) is 6.21. The Hall–Kier alpha value is -0.380. The van der Waals surface area contributed by atoms with Gasteiger partial charge in [-0.3, -0.25) is 0 Å². The monoisotopic (exact) mass is 228 g/mol. The Labute approximate surface area is 98.4 Å². The van der Waals surface area contributed by atoms with E-state index in [-0.39, 0.29) is 12.9 Å². The summed E-state index contributed by atoms with van der Waals surface area (Å²) in [5.41, 5.74) is 0. The topological polar surface area (TPSA) is 38.7 Å². The van der Waals surface area contributed by atoms with Crippen LogP contribution in [-0.4, -0.2) is 31.2 Å². The van der Waals surface area contributed by atoms with Crippen molar-refractivity contribution in [2.24, 2.45) is 5.92 Å². The van der Waals surface area contributed by atoms with Crippen LogP contribution in [-0.2, 0) is 9.47 Å². The van der Waals surface area contributed by atoms with Crippen LogP contribution in [0.15, 0.2) is 12.2 Å². The largest absolute Gasteiger partial charge is 0.390 e. The zero-order valence-corrected chi connectivity index (χ0v) is 10.4. The molecule has 1 aliphatic carbocycles. The van der Waals surface area contributed by atoms with Gasteiger partial charge in [-0.1, -0.05) is 31.4 Å². The minimum atomic E-state index is -0.397. The second-order valence-electron chi connectivity index (χ2n) is 4.45. The van der Waals surface area contributed by atoms with Crippen LogP contribution in [0.25, 0.3) is 0 Å². The van der Waals surface area contributed by atoms with E-state index in [4.69, 9.17) is 9.47 Å². The van der Waals surface area contributed by atoms with Gasteiger partial charge in [0.15, 0.2) is 0 Å². The zero-order valence-electron chi connectivity index (χ0n) is 10.4. The SMILES string of the molecule is C/C=C/[C@H](OCOC)[C@H](O)C1CCCCC1. The van der Waals surface area contributed by atoms with Crippen molar-refractivity contribution in [3.05, 3.63) is 12.2 Å². The van der Waals surface area contributed by atoms with Gasteiger partial charge in [-0.05, 0) is 25.7 Å². The number of hydrogen-bond acceptors (Lipinski definition) is 3. The summed E-state index contributed by atoms with van der Waals surface area (Å²) in [5, 5.41) is 10.3. The lowest BCUT2D eigenvalue weighted by molar-refractivity contribution is -0.108. The first-order chi connectivity index (χ1) is 7.79. The van der Waals surface area contributed by atoms with Crippen molar-refractivity contribution < 1.29 is 14.6 Å². The van der Waals surface area contributed by atoms with Crippen molar-refractivity contribution in [2.45, 2.75) is 51.2 Å². The summed E-state index contributed by atoms with van der Waals surface area (Å²) in [6, 6.07) is 0. The molecule has 0 amide bonds. The molecule has 1 fully saturated rings. The summed E-state index contributed by atoms with van der Waals surface area (Å²) < 4.78 is 10.4. The van der Waals surface area contributed by atoms with Crippen molar-refractivity contribution in [1.29, 1.82) is 0 Å². The summed E-state index contributed by atoms with van der Waals surface area (Å²) in [6.07, 6.45) is 9.21. The van der Waals surface area contributed by atoms with Gasteiger partial charge in [-0.15, -0.1) is 0 Å². The van der Waals surface area contributed by atoms with Crippen LogP contribution in [0.2, 0.25) is 0 Å². The fraction of sp³-hybridized carbons (Fsp3) is 0.846. The van der Waals surface area contributed by atoms with Crippen molar-refractivity contribution in [3.8, 4) is 0 Å². The fourth-order valence-corrected chi connectivity index (χ4v) is 2.35. The lowest BCUT2D eigenvalue weighted by Gasteiger charge is -2.30. The van der Waals surface area contributed by atoms with E-state index < -0.39 is 6.10 Å². The van der Waals surface area contributed by atoms with E-state index >= 15 is 0 Å². The first-order valence-electron chi connectivity index (χ1n) is 6.21. The average molecular weight is 228 g/mol. The van der Waals surface area contributed by atoms with Crippen LogP contribution < -0.4 is 0 Å². The molecule has 0 aliphatic heterocycles. The molecule has 3 nitrogen and oxygen atoms in total. The van der Waals surface area contributed by atoms with E-state index in [1.165, 1.54) is 19.3 Å². The number of rotatable bonds is 6. The minimum absolute atomic E-state index is 0.229. The van der Waals surface area contributed by atoms with Gasteiger partial charge in [-0.2, -0.15) is 0 Å². The fourth-order valence-electron chi connectivity index (χ4n) is 2.35. The van der Waals surface area contributed by atoms with E-state index in [0.717, 1.165) is 12.8 Å². The number of ether oxygens (including phenoxy) is 2. The number of aliphatic hydroxyl groups is 1. The lowest BCUT2D eigenvalue weighted by atomic mass is 9.83. The van der Waals surface area contributed by atoms with E-state index in [1.807, 2.05) is 19.1 Å². The molecule has 0 heterocycles. The van der Waals surface area contributed by atoms with Gasteiger partial charge in [-0.25, -0.2) is 0 Å². The van der Waals surface area contributed by atoms with Crippen molar-refractivity contribution in [2.75, 3.05) is 13.9 Å². The van der Waals surface area contributed by atoms with E-state index in [1.54, 1.807) is 7.11 Å². The Morgan fingerprint density at radius 1 is 1.31 bits per heavy atom. The Balaban J connectivity index is 2.47. The lowest BCUT2D eigenvalue weighted by Crippen LogP contribution is -2.35. The highest BCUT2D eigenvalue weighted by molar-refractivity contribution is 4.94. The smallest absolute Gasteiger partial charge is 0.147 e. The molecule has 0 bridgehead atoms. The van der Waals surface area contributed by atoms with Gasteiger partial charge < -0.3 is 14.6 Å². The minimum Gasteiger partial charge on any atom is -0.390 e. The highest BCUT2D eigenvalue weighted by atomic mass is 16.7. The Bertz CT molecular complexity index is 197. The van der Waals surface area contributed by atoms with Crippen LogP contribution in [0.1, 0.15) is 39.0 Å². The summed E-state index contributed by atoms with van der Waals surface area (Å²) in [4.78, 5) is 0. The molecule has 94 valence electrons. The molecular formula is C13H24O3. The molecule has 0 aromatic rings. The molecule has 3 heteroatoms. The molecule has 1 aliphatic rings. The van der Waals surface area contributed by atoms with E-state index in [2.05, 4.69) is 0 Å². The van der Waals surface area contributed by atoms with E-state index in [0.29, 0.717) is 5.92 Å². The standard InChI is InChI=1S/C13H24O3/c1-3-7-12(16-10-15-2)13(14)11-8-5-4-6-9-11/h3,7,11-14H,4-6,8-10H2,1-2H3/b7-3+/t12-,13+/m0/s1. The molecule has 0 unspecified atom stereocenters. The molecule has 1 N–H and O–H groups in total. The molecule has 1 rings (SSSR count). The first kappa shape index (κ1) is 13.7. The Morgan fingerprint density at radius 3 is 2.56 bits per heavy atom. The van der Waals surface area contributed by atoms with Gasteiger partial charge in [0.1, 0.15) is 12.9 Å². The third-order valence-corrected chi connectivity index (χ3v) is 3.23. The van der Waals surface area contributed by atoms with Crippen LogP contribution >= 0.6 is 0 Å². The highest BCUT2D eigenvalue weighted by Gasteiger charge is 2.27. The third kappa shape index (κ3) is 4.24. The predicted octanol–water partition coefficient (Wildman–Crippen LogP) is 2.49. The maximum Gasteiger partial charge on any atom is 0.147 e. The van der Waals surface area contributed by atoms with Crippen LogP contribution in [0.3, 0.4) is 0 Å². The quantitative estimate of drug-likeness (QED) is 0.561. The highest BCUT2D eigenvalue weighted by Crippen LogP contribution is 2.28. The second kappa shape index (κ2) is 7.82. The van der Waals surface area contributed by atoms with Crippen molar-refractivity contribution in [3.63, 3.8) is 0 Å². The maximum atomic E-state index is 10.3. The molecule has 0 aromatic heterocycles. The molecule has 0 aromatic carbocycles. The van der Waals surface area contributed by atoms with E-state index in [9.17, 15) is 5.11 Å². The zero-order chi connectivity index (χ0) is 11.8. The second-order valence-corrected chi connectivity index (χ2v) is 4.45. The normalized spacial score (nSPS) is 22.4. The molecule has 2 atom stereocenters. The van der Waals surface area contributed by atoms with Crippen molar-refractivity contribution in [1.82, 2.24) is 0 Å². The van der Waals surface area contributed by atoms with Gasteiger partial charge >= 0.3 is 0 Å². The molecule has 0 saturated heterocycles. The van der Waals surface area contributed by atoms with Gasteiger partial charge in [0.25, 0.3) is 0 Å². The van der Waals surface area contributed by atoms with Gasteiger partial charge in [0, 0.05) is 7.11 Å². The summed E-state index contributed by atoms with van der Waals surface area (Å²) in [7, 11) is 1.60. The summed E-state index contributed by atoms with van der Waals surface area (Å²) >= 11 is 0. The van der Waals surface area contributed by atoms with Crippen molar-refractivity contribution >= 4 is 0 Å². The maximum absolute atomic E-state index is 10.3. The van der Waals surface area contributed by atoms with Crippen LogP contribution in [0, 0.1) is 5.92 Å². The summed E-state index contributed by atoms with van der Waals surface area (Å²) in [6.45, 7) is 2.18. The Morgan fingerprint density at radius 2 is 2.00 bits per heavy atom. The number of hydrogen-bond donors (Lipinski definition) is 1. The summed E-state index contributed by atoms with van der Waals surface area (Å²) in [5.74, 6) is 0.381. The number of methoxy groups -OCH3 is 1. The van der Waals surface area contributed by atoms with Crippen LogP contribution in [0.5, 0.6) is 0 Å². The third-order valence-electron chi connectivity index (χ3n) is 3.23. The molecule has 1 saturated carbocycles. The van der Waals surface area contributed by atoms with Gasteiger partial charge in [0.2, 0.25) is 0 Å². The molecule has 0 spiro atoms. The molecule has 16 heavy (non-hydrogen) atoms. The number of allylic oxidation sites excluding steroid dienone is 1. The van der Waals surface area contributed by atoms with Crippen LogP contribution in [0.4, 0.5) is 0 Å². The Kier molecular flexibility index (Phi) is 6.69. The van der Waals surface area contributed by atoms with Gasteiger partial charge in [0.05, 0.1) is 6.10 Å². The molecule has 0 radical (unpaired) electrons. The predicted molar refractivity (Wildman–Crippen MR) is 64.1 cm³/mol.